The molecule has 2 fully saturated rings. The van der Waals surface area contributed by atoms with E-state index >= 15 is 0 Å². The van der Waals surface area contributed by atoms with E-state index in [0.717, 1.165) is 18.0 Å². The zero-order valence-electron chi connectivity index (χ0n) is 10.7. The number of para-hydroxylation sites is 1. The maximum absolute atomic E-state index is 6.21. The summed E-state index contributed by atoms with van der Waals surface area (Å²) in [6.07, 6.45) is 5.29. The zero-order valence-corrected chi connectivity index (χ0v) is 11.5. The highest BCUT2D eigenvalue weighted by molar-refractivity contribution is 7.99. The lowest BCUT2D eigenvalue weighted by molar-refractivity contribution is 0.203. The number of ether oxygens (including phenoxy) is 1. The Morgan fingerprint density at radius 1 is 1.33 bits per heavy atom. The molecule has 1 aromatic carbocycles. The van der Waals surface area contributed by atoms with Gasteiger partial charge in [0, 0.05) is 23.3 Å². The molecule has 18 heavy (non-hydrogen) atoms. The largest absolute Gasteiger partial charge is 0.489 e. The first-order valence-corrected chi connectivity index (χ1v) is 8.03. The van der Waals surface area contributed by atoms with Gasteiger partial charge in [-0.25, -0.2) is 0 Å². The fraction of sp³-hybridized carbons (Fsp3) is 0.600. The van der Waals surface area contributed by atoms with E-state index in [-0.39, 0.29) is 5.41 Å². The number of nitrogens with two attached hydrogens (primary N) is 1. The zero-order chi connectivity index (χ0) is 12.4. The predicted molar refractivity (Wildman–Crippen MR) is 77.4 cm³/mol. The molecule has 1 aromatic rings. The minimum atomic E-state index is 0.197. The molecule has 2 N–H and O–H groups in total. The van der Waals surface area contributed by atoms with Crippen LogP contribution in [0.25, 0.3) is 0 Å². The third-order valence-corrected chi connectivity index (χ3v) is 5.47. The summed E-state index contributed by atoms with van der Waals surface area (Å²) in [5, 5.41) is 0. The fourth-order valence-electron chi connectivity index (χ4n) is 2.98. The number of benzene rings is 1. The minimum Gasteiger partial charge on any atom is -0.489 e. The molecule has 2 aliphatic rings. The molecular weight excluding hydrogens is 242 g/mol. The Morgan fingerprint density at radius 3 is 2.78 bits per heavy atom. The van der Waals surface area contributed by atoms with Gasteiger partial charge in [0.2, 0.25) is 0 Å². The van der Waals surface area contributed by atoms with Gasteiger partial charge < -0.3 is 10.5 Å². The molecule has 1 saturated heterocycles. The molecule has 98 valence electrons. The van der Waals surface area contributed by atoms with Crippen LogP contribution in [0.2, 0.25) is 0 Å². The SMILES string of the molecule is NCC1(c2ccccc2OC2CCSC2)CCC1. The quantitative estimate of drug-likeness (QED) is 0.907. The summed E-state index contributed by atoms with van der Waals surface area (Å²) in [6.45, 7) is 0.743. The third-order valence-electron chi connectivity index (χ3n) is 4.34. The van der Waals surface area contributed by atoms with Gasteiger partial charge in [-0.2, -0.15) is 11.8 Å². The van der Waals surface area contributed by atoms with Crippen LogP contribution >= 0.6 is 11.8 Å². The van der Waals surface area contributed by atoms with Gasteiger partial charge in [0.15, 0.2) is 0 Å². The van der Waals surface area contributed by atoms with E-state index in [4.69, 9.17) is 10.5 Å². The molecule has 0 spiro atoms. The van der Waals surface area contributed by atoms with Gasteiger partial charge >= 0.3 is 0 Å². The summed E-state index contributed by atoms with van der Waals surface area (Å²) < 4.78 is 6.21. The monoisotopic (exact) mass is 263 g/mol. The second kappa shape index (κ2) is 5.14. The summed E-state index contributed by atoms with van der Waals surface area (Å²) in [6, 6.07) is 8.52. The van der Waals surface area contributed by atoms with Crippen LogP contribution in [0.1, 0.15) is 31.2 Å². The lowest BCUT2D eigenvalue weighted by Gasteiger charge is -2.42. The molecule has 0 radical (unpaired) electrons. The van der Waals surface area contributed by atoms with Crippen LogP contribution < -0.4 is 10.5 Å². The molecule has 0 bridgehead atoms. The number of hydrogen-bond acceptors (Lipinski definition) is 3. The molecule has 1 saturated carbocycles. The molecule has 3 heteroatoms. The molecule has 2 nitrogen and oxygen atoms in total. The lowest BCUT2D eigenvalue weighted by Crippen LogP contribution is -2.42. The van der Waals surface area contributed by atoms with Crippen molar-refractivity contribution in [3.05, 3.63) is 29.8 Å². The number of rotatable bonds is 4. The fourth-order valence-corrected chi connectivity index (χ4v) is 4.07. The average Bonchev–Trinajstić information content (AvgIpc) is 2.83. The first kappa shape index (κ1) is 12.4. The highest BCUT2D eigenvalue weighted by atomic mass is 32.2. The van der Waals surface area contributed by atoms with Crippen LogP contribution in [0.3, 0.4) is 0 Å². The maximum Gasteiger partial charge on any atom is 0.123 e. The average molecular weight is 263 g/mol. The van der Waals surface area contributed by atoms with E-state index in [9.17, 15) is 0 Å². The van der Waals surface area contributed by atoms with E-state index in [1.54, 1.807) is 0 Å². The minimum absolute atomic E-state index is 0.197. The Labute approximate surface area is 113 Å². The molecule has 1 unspecified atom stereocenters. The van der Waals surface area contributed by atoms with E-state index in [2.05, 4.69) is 24.3 Å². The molecule has 0 aromatic heterocycles. The van der Waals surface area contributed by atoms with Gasteiger partial charge in [0.25, 0.3) is 0 Å². The second-order valence-corrected chi connectivity index (χ2v) is 6.59. The maximum atomic E-state index is 6.21. The molecule has 1 aliphatic carbocycles. The van der Waals surface area contributed by atoms with E-state index in [1.165, 1.54) is 37.0 Å². The van der Waals surface area contributed by atoms with Crippen LogP contribution in [-0.4, -0.2) is 24.2 Å². The molecule has 1 atom stereocenters. The van der Waals surface area contributed by atoms with Gasteiger partial charge in [-0.3, -0.25) is 0 Å². The first-order valence-electron chi connectivity index (χ1n) is 6.88. The Kier molecular flexibility index (Phi) is 3.53. The topological polar surface area (TPSA) is 35.2 Å². The second-order valence-electron chi connectivity index (χ2n) is 5.44. The Morgan fingerprint density at radius 2 is 2.17 bits per heavy atom. The van der Waals surface area contributed by atoms with Crippen molar-refractivity contribution < 1.29 is 4.74 Å². The van der Waals surface area contributed by atoms with Crippen molar-refractivity contribution in [3.63, 3.8) is 0 Å². The summed E-state index contributed by atoms with van der Waals surface area (Å²) in [7, 11) is 0. The van der Waals surface area contributed by atoms with E-state index in [1.807, 2.05) is 11.8 Å². The van der Waals surface area contributed by atoms with Crippen molar-refractivity contribution in [1.29, 1.82) is 0 Å². The Bertz CT molecular complexity index is 405. The van der Waals surface area contributed by atoms with Crippen LogP contribution in [0.15, 0.2) is 24.3 Å². The highest BCUT2D eigenvalue weighted by Crippen LogP contribution is 2.46. The Hall–Kier alpha value is -0.670. The smallest absolute Gasteiger partial charge is 0.123 e. The highest BCUT2D eigenvalue weighted by Gasteiger charge is 2.39. The van der Waals surface area contributed by atoms with Crippen molar-refractivity contribution in [2.24, 2.45) is 5.73 Å². The lowest BCUT2D eigenvalue weighted by atomic mass is 9.64. The third kappa shape index (κ3) is 2.14. The summed E-state index contributed by atoms with van der Waals surface area (Å²) in [5.74, 6) is 3.44. The predicted octanol–water partition coefficient (Wildman–Crippen LogP) is 2.95. The standard InChI is InChI=1S/C15H21NOS/c16-11-15(7-3-8-15)13-4-1-2-5-14(13)17-12-6-9-18-10-12/h1-2,4-5,12H,3,6-11,16H2. The summed E-state index contributed by atoms with van der Waals surface area (Å²) in [4.78, 5) is 0. The first-order chi connectivity index (χ1) is 8.84. The molecular formula is C15H21NOS. The van der Waals surface area contributed by atoms with Crippen molar-refractivity contribution in [2.75, 3.05) is 18.1 Å². The molecule has 3 rings (SSSR count). The molecule has 1 aliphatic heterocycles. The van der Waals surface area contributed by atoms with E-state index < -0.39 is 0 Å². The molecule has 0 amide bonds. The van der Waals surface area contributed by atoms with E-state index in [0.29, 0.717) is 6.10 Å². The number of hydrogen-bond donors (Lipinski definition) is 1. The van der Waals surface area contributed by atoms with Gasteiger partial charge in [0.1, 0.15) is 11.9 Å². The van der Waals surface area contributed by atoms with Gasteiger partial charge in [0.05, 0.1) is 0 Å². The van der Waals surface area contributed by atoms with Crippen LogP contribution in [0.5, 0.6) is 5.75 Å². The van der Waals surface area contributed by atoms with Crippen molar-refractivity contribution in [1.82, 2.24) is 0 Å². The molecule has 1 heterocycles. The summed E-state index contributed by atoms with van der Waals surface area (Å²) in [5.41, 5.74) is 7.56. The van der Waals surface area contributed by atoms with Crippen LogP contribution in [-0.2, 0) is 5.41 Å². The van der Waals surface area contributed by atoms with Gasteiger partial charge in [-0.1, -0.05) is 24.6 Å². The van der Waals surface area contributed by atoms with Crippen LogP contribution in [0, 0.1) is 0 Å². The Balaban J connectivity index is 1.84. The van der Waals surface area contributed by atoms with Gasteiger partial charge in [-0.15, -0.1) is 0 Å². The van der Waals surface area contributed by atoms with Gasteiger partial charge in [-0.05, 0) is 31.1 Å². The van der Waals surface area contributed by atoms with Crippen molar-refractivity contribution >= 4 is 11.8 Å². The van der Waals surface area contributed by atoms with Crippen molar-refractivity contribution in [3.8, 4) is 5.75 Å². The van der Waals surface area contributed by atoms with Crippen LogP contribution in [0.4, 0.5) is 0 Å². The number of thioether (sulfide) groups is 1. The van der Waals surface area contributed by atoms with Crippen molar-refractivity contribution in [2.45, 2.75) is 37.2 Å². The summed E-state index contributed by atoms with van der Waals surface area (Å²) >= 11 is 1.99. The normalized spacial score (nSPS) is 25.7.